The fourth-order valence-corrected chi connectivity index (χ4v) is 6.05. The maximum atomic E-state index is 11.4. The molecule has 0 saturated heterocycles. The molecule has 0 saturated carbocycles. The van der Waals surface area contributed by atoms with Crippen LogP contribution < -0.4 is 10.2 Å². The van der Waals surface area contributed by atoms with Gasteiger partial charge in [-0.15, -0.1) is 0 Å². The van der Waals surface area contributed by atoms with Gasteiger partial charge in [0.2, 0.25) is 0 Å². The maximum Gasteiger partial charge on any atom is 2.00 e. The Labute approximate surface area is 217 Å². The summed E-state index contributed by atoms with van der Waals surface area (Å²) >= 11 is 0. The minimum atomic E-state index is -5.32. The average molecular weight is 650 g/mol. The van der Waals surface area contributed by atoms with Crippen LogP contribution in [-0.2, 0) is 57.5 Å². The molecule has 6 N–H and O–H groups in total. The molecule has 206 valence electrons. The van der Waals surface area contributed by atoms with Crippen LogP contribution in [0.15, 0.2) is 43.8 Å². The molecule has 0 bridgehead atoms. The summed E-state index contributed by atoms with van der Waals surface area (Å²) in [6.45, 7) is 0. The molecule has 23 heteroatoms. The Morgan fingerprint density at radius 2 is 0.784 bits per heavy atom. The van der Waals surface area contributed by atoms with Crippen LogP contribution in [-0.4, -0.2) is 74.0 Å². The zero-order chi connectivity index (χ0) is 28.6. The molecule has 0 heterocycles. The molecule has 37 heavy (non-hydrogen) atoms. The van der Waals surface area contributed by atoms with Crippen LogP contribution in [0.2, 0.25) is 0 Å². The van der Waals surface area contributed by atoms with Gasteiger partial charge in [-0.2, -0.15) is 33.7 Å². The molecule has 18 nitrogen and oxygen atoms in total. The first-order valence-electron chi connectivity index (χ1n) is 7.97. The number of hydrogen-bond donors (Lipinski definition) is 6. The first kappa shape index (κ1) is 34.1. The zero-order valence-electron chi connectivity index (χ0n) is 16.9. The van der Waals surface area contributed by atoms with Crippen molar-refractivity contribution < 1.29 is 99.0 Å². The van der Waals surface area contributed by atoms with E-state index in [9.17, 15) is 53.5 Å². The van der Waals surface area contributed by atoms with Crippen molar-refractivity contribution in [2.24, 2.45) is 0 Å². The predicted octanol–water partition coefficient (Wildman–Crippen LogP) is -2.10. The first-order valence-corrected chi connectivity index (χ1v) is 13.7. The number of carboxylic acids is 2. The van der Waals surface area contributed by atoms with Gasteiger partial charge < -0.3 is 20.4 Å². The van der Waals surface area contributed by atoms with E-state index >= 15 is 0 Å². The van der Waals surface area contributed by atoms with E-state index in [4.69, 9.17) is 28.4 Å². The largest absolute Gasteiger partial charge is 2.00 e. The van der Waals surface area contributed by atoms with Crippen molar-refractivity contribution >= 4 is 52.4 Å². The molecule has 2 aromatic rings. The summed E-state index contributed by atoms with van der Waals surface area (Å²) in [6, 6.07) is 1.79. The predicted molar refractivity (Wildman–Crippen MR) is 105 cm³/mol. The molecule has 0 spiro atoms. The normalized spacial score (nSPS) is 12.0. The Bertz CT molecular complexity index is 1560. The SMILES string of the molecule is O=C(O)c1ccc(S(=O)(=O)O)c(S(=O)(=O)O)c1[O-].O=C(O)c1ccc(S(=O)(=O)O)c(S(=O)(=O)O)c1[O-].[Fe+2]. The van der Waals surface area contributed by atoms with Crippen molar-refractivity contribution in [3.05, 3.63) is 35.4 Å². The number of benzene rings is 2. The van der Waals surface area contributed by atoms with E-state index in [2.05, 4.69) is 0 Å². The van der Waals surface area contributed by atoms with Gasteiger partial charge in [0.1, 0.15) is 19.6 Å². The zero-order valence-corrected chi connectivity index (χ0v) is 21.2. The van der Waals surface area contributed by atoms with E-state index in [1.807, 2.05) is 0 Å². The summed E-state index contributed by atoms with van der Waals surface area (Å²) in [6.07, 6.45) is 0. The van der Waals surface area contributed by atoms with Crippen molar-refractivity contribution in [2.45, 2.75) is 19.6 Å². The Morgan fingerprint density at radius 3 is 0.946 bits per heavy atom. The molecule has 0 fully saturated rings. The second-order valence-electron chi connectivity index (χ2n) is 6.05. The number of carboxylic acid groups (broad SMARTS) is 2. The van der Waals surface area contributed by atoms with Crippen LogP contribution in [0.3, 0.4) is 0 Å². The minimum Gasteiger partial charge on any atom is -0.871 e. The van der Waals surface area contributed by atoms with Gasteiger partial charge in [-0.25, -0.2) is 9.59 Å². The molecule has 0 aliphatic rings. The van der Waals surface area contributed by atoms with E-state index < -0.39 is 94.6 Å². The second-order valence-corrected chi connectivity index (χ2v) is 11.5. The molecule has 0 radical (unpaired) electrons. The Hall–Kier alpha value is -2.86. The molecular formula is C14H10FeO18S4. The van der Waals surface area contributed by atoms with Crippen molar-refractivity contribution in [2.75, 3.05) is 0 Å². The van der Waals surface area contributed by atoms with E-state index in [0.29, 0.717) is 24.3 Å². The Morgan fingerprint density at radius 1 is 0.541 bits per heavy atom. The van der Waals surface area contributed by atoms with Gasteiger partial charge in [0, 0.05) is 0 Å². The summed E-state index contributed by atoms with van der Waals surface area (Å²) in [5.41, 5.74) is -2.12. The van der Waals surface area contributed by atoms with Gasteiger partial charge in [-0.3, -0.25) is 18.2 Å². The molecule has 0 unspecified atom stereocenters. The van der Waals surface area contributed by atoms with Gasteiger partial charge in [0.05, 0.1) is 11.1 Å². The van der Waals surface area contributed by atoms with Crippen LogP contribution in [0.5, 0.6) is 11.5 Å². The maximum absolute atomic E-state index is 11.4. The van der Waals surface area contributed by atoms with Gasteiger partial charge in [0.15, 0.2) is 0 Å². The summed E-state index contributed by atoms with van der Waals surface area (Å²) in [5, 5.41) is 40.0. The van der Waals surface area contributed by atoms with Crippen LogP contribution >= 0.6 is 0 Å². The number of rotatable bonds is 6. The van der Waals surface area contributed by atoms with Gasteiger partial charge >= 0.3 is 29.0 Å². The topological polar surface area (TPSA) is 338 Å². The Balaban J connectivity index is 0.000000682. The molecule has 2 rings (SSSR count). The third-order valence-electron chi connectivity index (χ3n) is 3.68. The molecule has 0 amide bonds. The molecule has 0 aliphatic carbocycles. The smallest absolute Gasteiger partial charge is 0.871 e. The average Bonchev–Trinajstić information content (AvgIpc) is 2.63. The van der Waals surface area contributed by atoms with E-state index in [1.54, 1.807) is 0 Å². The molecule has 0 atom stereocenters. The van der Waals surface area contributed by atoms with E-state index in [-0.39, 0.29) is 17.1 Å². The quantitative estimate of drug-likeness (QED) is 0.144. The molecule has 0 aliphatic heterocycles. The second kappa shape index (κ2) is 11.3. The number of aromatic carboxylic acids is 2. The third-order valence-corrected chi connectivity index (χ3v) is 7.58. The molecule has 2 aromatic carbocycles. The van der Waals surface area contributed by atoms with E-state index in [0.717, 1.165) is 0 Å². The van der Waals surface area contributed by atoms with Crippen LogP contribution in [0.1, 0.15) is 20.7 Å². The standard InChI is InChI=1S/2C7H6O9S2.Fe/c2*8-5-3(7(9)10)1-2-4(17(11,12)13)6(5)18(14,15)16;/h2*1-2,8H,(H,9,10)(H,11,12,13)(H,14,15,16);/q;;+2/p-2. The fraction of sp³-hybridized carbons (Fsp3) is 0. The van der Waals surface area contributed by atoms with Gasteiger partial charge in [-0.05, 0) is 24.3 Å². The van der Waals surface area contributed by atoms with E-state index in [1.165, 1.54) is 0 Å². The number of hydrogen-bond acceptors (Lipinski definition) is 12. The minimum absolute atomic E-state index is 0. The Kier molecular flexibility index (Phi) is 10.4. The number of carbonyl (C=O) groups is 2. The summed E-state index contributed by atoms with van der Waals surface area (Å²) < 4.78 is 122. The van der Waals surface area contributed by atoms with Crippen LogP contribution in [0, 0.1) is 0 Å². The van der Waals surface area contributed by atoms with Crippen LogP contribution in [0.25, 0.3) is 0 Å². The van der Waals surface area contributed by atoms with Crippen molar-refractivity contribution in [3.8, 4) is 11.5 Å². The fourth-order valence-electron chi connectivity index (χ4n) is 2.32. The van der Waals surface area contributed by atoms with Gasteiger partial charge in [0.25, 0.3) is 40.5 Å². The van der Waals surface area contributed by atoms with Crippen molar-refractivity contribution in [3.63, 3.8) is 0 Å². The van der Waals surface area contributed by atoms with Crippen molar-refractivity contribution in [1.29, 1.82) is 0 Å². The summed E-state index contributed by atoms with van der Waals surface area (Å²) in [7, 11) is -20.9. The molecule has 0 aromatic heterocycles. The third kappa shape index (κ3) is 8.06. The monoisotopic (exact) mass is 650 g/mol. The summed E-state index contributed by atoms with van der Waals surface area (Å²) in [5.74, 6) is -7.10. The summed E-state index contributed by atoms with van der Waals surface area (Å²) in [4.78, 5) is 15.0. The van der Waals surface area contributed by atoms with Crippen molar-refractivity contribution in [1.82, 2.24) is 0 Å². The first-order chi connectivity index (χ1) is 15.9. The van der Waals surface area contributed by atoms with Crippen LogP contribution in [0.4, 0.5) is 0 Å². The molecular weight excluding hydrogens is 640 g/mol. The van der Waals surface area contributed by atoms with Gasteiger partial charge in [-0.1, -0.05) is 11.5 Å².